The number of carbonyl (C=O) groups is 1. The molecule has 0 bridgehead atoms. The fraction of sp³-hybridized carbons (Fsp3) is 0.211. The fourth-order valence-electron chi connectivity index (χ4n) is 2.31. The number of thioether (sulfide) groups is 1. The highest BCUT2D eigenvalue weighted by atomic mass is 32.2. The number of ketones is 1. The lowest BCUT2D eigenvalue weighted by atomic mass is 10.1. The molecule has 24 heavy (non-hydrogen) atoms. The fourth-order valence-corrected chi connectivity index (χ4v) is 3.07. The summed E-state index contributed by atoms with van der Waals surface area (Å²) in [4.78, 5) is 12.5. The number of Topliss-reactive ketones (excluding diaryl/α,β-unsaturated/α-hetero) is 1. The minimum atomic E-state index is -0.293. The Hall–Kier alpha value is -2.40. The molecule has 0 aliphatic heterocycles. The van der Waals surface area contributed by atoms with E-state index in [2.05, 4.69) is 10.2 Å². The summed E-state index contributed by atoms with van der Waals surface area (Å²) in [7, 11) is 0. The lowest BCUT2D eigenvalue weighted by Gasteiger charge is -2.07. The first-order valence-corrected chi connectivity index (χ1v) is 8.59. The Morgan fingerprint density at radius 2 is 1.79 bits per heavy atom. The Labute approximate surface area is 145 Å². The predicted molar refractivity (Wildman–Crippen MR) is 95.3 cm³/mol. The zero-order valence-corrected chi connectivity index (χ0v) is 14.6. The highest BCUT2D eigenvalue weighted by Gasteiger charge is 2.20. The van der Waals surface area contributed by atoms with Crippen molar-refractivity contribution in [3.8, 4) is 11.5 Å². The Morgan fingerprint density at radius 3 is 2.50 bits per heavy atom. The third kappa shape index (κ3) is 3.74. The zero-order valence-electron chi connectivity index (χ0n) is 13.8. The summed E-state index contributed by atoms with van der Waals surface area (Å²) < 4.78 is 5.69. The number of carbonyl (C=O) groups excluding carboxylic acids is 1. The van der Waals surface area contributed by atoms with Crippen LogP contribution in [0.15, 0.2) is 58.2 Å². The molecule has 0 N–H and O–H groups in total. The molecule has 1 aromatic heterocycles. The van der Waals surface area contributed by atoms with Gasteiger partial charge in [0.15, 0.2) is 5.78 Å². The third-order valence-electron chi connectivity index (χ3n) is 3.65. The second-order valence-electron chi connectivity index (χ2n) is 5.73. The van der Waals surface area contributed by atoms with Gasteiger partial charge in [0.2, 0.25) is 5.89 Å². The molecular weight excluding hydrogens is 320 g/mol. The molecule has 0 fully saturated rings. The molecule has 4 nitrogen and oxygen atoms in total. The van der Waals surface area contributed by atoms with Crippen LogP contribution in [0.1, 0.15) is 28.4 Å². The van der Waals surface area contributed by atoms with Crippen molar-refractivity contribution in [2.45, 2.75) is 31.2 Å². The van der Waals surface area contributed by atoms with Gasteiger partial charge in [-0.3, -0.25) is 4.79 Å². The van der Waals surface area contributed by atoms with E-state index >= 15 is 0 Å². The normalized spacial score (nSPS) is 12.1. The van der Waals surface area contributed by atoms with Crippen LogP contribution in [0, 0.1) is 13.8 Å². The van der Waals surface area contributed by atoms with Crippen molar-refractivity contribution in [2.24, 2.45) is 0 Å². The maximum Gasteiger partial charge on any atom is 0.277 e. The average molecular weight is 338 g/mol. The van der Waals surface area contributed by atoms with Crippen LogP contribution in [0.4, 0.5) is 0 Å². The van der Waals surface area contributed by atoms with Crippen LogP contribution >= 0.6 is 11.8 Å². The van der Waals surface area contributed by atoms with Crippen molar-refractivity contribution in [1.82, 2.24) is 10.2 Å². The number of hydrogen-bond donors (Lipinski definition) is 0. The number of hydrogen-bond acceptors (Lipinski definition) is 5. The molecule has 0 unspecified atom stereocenters. The lowest BCUT2D eigenvalue weighted by molar-refractivity contribution is 0.0993. The van der Waals surface area contributed by atoms with Gasteiger partial charge in [-0.05, 0) is 32.9 Å². The molecule has 0 amide bonds. The van der Waals surface area contributed by atoms with Crippen LogP contribution in [-0.4, -0.2) is 21.2 Å². The summed E-state index contributed by atoms with van der Waals surface area (Å²) in [6.07, 6.45) is 0. The van der Waals surface area contributed by atoms with Gasteiger partial charge in [-0.2, -0.15) is 0 Å². The van der Waals surface area contributed by atoms with Crippen molar-refractivity contribution in [1.29, 1.82) is 0 Å². The first-order chi connectivity index (χ1) is 11.5. The van der Waals surface area contributed by atoms with Crippen molar-refractivity contribution in [2.75, 3.05) is 0 Å². The summed E-state index contributed by atoms with van der Waals surface area (Å²) in [5.41, 5.74) is 3.83. The van der Waals surface area contributed by atoms with Gasteiger partial charge < -0.3 is 4.42 Å². The standard InChI is InChI=1S/C19H18N2O2S/c1-12-7-9-15(10-8-12)17(22)14(3)24-19-21-20-18(23-19)16-6-4-5-13(2)11-16/h4-11,14H,1-3H3/t14-/m1/s1. The van der Waals surface area contributed by atoms with E-state index in [1.807, 2.05) is 69.3 Å². The van der Waals surface area contributed by atoms with Gasteiger partial charge in [0.1, 0.15) is 0 Å². The highest BCUT2D eigenvalue weighted by Crippen LogP contribution is 2.28. The van der Waals surface area contributed by atoms with Gasteiger partial charge >= 0.3 is 0 Å². The minimum absolute atomic E-state index is 0.0512. The number of benzene rings is 2. The lowest BCUT2D eigenvalue weighted by Crippen LogP contribution is -2.13. The van der Waals surface area contributed by atoms with E-state index in [9.17, 15) is 4.79 Å². The SMILES string of the molecule is Cc1ccc(C(=O)[C@@H](C)Sc2nnc(-c3cccc(C)c3)o2)cc1. The second kappa shape index (κ2) is 7.01. The molecule has 122 valence electrons. The van der Waals surface area contributed by atoms with E-state index in [-0.39, 0.29) is 11.0 Å². The van der Waals surface area contributed by atoms with Crippen LogP contribution < -0.4 is 0 Å². The van der Waals surface area contributed by atoms with Crippen LogP contribution in [-0.2, 0) is 0 Å². The summed E-state index contributed by atoms with van der Waals surface area (Å²) in [6.45, 7) is 5.86. The van der Waals surface area contributed by atoms with E-state index in [0.29, 0.717) is 16.7 Å². The van der Waals surface area contributed by atoms with Crippen molar-refractivity contribution >= 4 is 17.5 Å². The number of aryl methyl sites for hydroxylation is 2. The van der Waals surface area contributed by atoms with E-state index in [4.69, 9.17) is 4.42 Å². The molecule has 3 rings (SSSR count). The van der Waals surface area contributed by atoms with Crippen LogP contribution in [0.25, 0.3) is 11.5 Å². The highest BCUT2D eigenvalue weighted by molar-refractivity contribution is 8.00. The van der Waals surface area contributed by atoms with E-state index in [1.165, 1.54) is 11.8 Å². The summed E-state index contributed by atoms with van der Waals surface area (Å²) in [6, 6.07) is 15.4. The topological polar surface area (TPSA) is 56.0 Å². The smallest absolute Gasteiger partial charge is 0.277 e. The largest absolute Gasteiger partial charge is 0.411 e. The number of aromatic nitrogens is 2. The Bertz CT molecular complexity index is 856. The molecule has 0 spiro atoms. The molecule has 1 heterocycles. The minimum Gasteiger partial charge on any atom is -0.411 e. The monoisotopic (exact) mass is 338 g/mol. The molecule has 0 saturated heterocycles. The van der Waals surface area contributed by atoms with E-state index in [0.717, 1.165) is 16.7 Å². The zero-order chi connectivity index (χ0) is 17.1. The summed E-state index contributed by atoms with van der Waals surface area (Å²) in [5, 5.41) is 8.23. The Balaban J connectivity index is 1.72. The second-order valence-corrected chi connectivity index (χ2v) is 7.03. The quantitative estimate of drug-likeness (QED) is 0.498. The maximum atomic E-state index is 12.5. The molecular formula is C19H18N2O2S. The van der Waals surface area contributed by atoms with E-state index < -0.39 is 0 Å². The predicted octanol–water partition coefficient (Wildman–Crippen LogP) is 4.72. The van der Waals surface area contributed by atoms with Gasteiger partial charge in [-0.15, -0.1) is 10.2 Å². The number of rotatable bonds is 5. The third-order valence-corrected chi connectivity index (χ3v) is 4.59. The van der Waals surface area contributed by atoms with Gasteiger partial charge in [-0.1, -0.05) is 59.3 Å². The Kier molecular flexibility index (Phi) is 4.81. The first kappa shape index (κ1) is 16.5. The molecule has 0 radical (unpaired) electrons. The maximum absolute atomic E-state index is 12.5. The van der Waals surface area contributed by atoms with Gasteiger partial charge in [-0.25, -0.2) is 0 Å². The molecule has 0 saturated carbocycles. The molecule has 0 aliphatic carbocycles. The molecule has 1 atom stereocenters. The summed E-state index contributed by atoms with van der Waals surface area (Å²) in [5.74, 6) is 0.520. The molecule has 0 aliphatic rings. The summed E-state index contributed by atoms with van der Waals surface area (Å²) >= 11 is 1.28. The first-order valence-electron chi connectivity index (χ1n) is 7.71. The van der Waals surface area contributed by atoms with Crippen LogP contribution in [0.3, 0.4) is 0 Å². The van der Waals surface area contributed by atoms with Crippen molar-refractivity contribution in [3.05, 3.63) is 65.2 Å². The van der Waals surface area contributed by atoms with Crippen LogP contribution in [0.2, 0.25) is 0 Å². The molecule has 3 aromatic rings. The molecule has 2 aromatic carbocycles. The van der Waals surface area contributed by atoms with Gasteiger partial charge in [0.25, 0.3) is 5.22 Å². The average Bonchev–Trinajstić information content (AvgIpc) is 3.03. The van der Waals surface area contributed by atoms with Gasteiger partial charge in [0.05, 0.1) is 5.25 Å². The van der Waals surface area contributed by atoms with Crippen LogP contribution in [0.5, 0.6) is 0 Å². The Morgan fingerprint density at radius 1 is 1.04 bits per heavy atom. The van der Waals surface area contributed by atoms with E-state index in [1.54, 1.807) is 0 Å². The number of nitrogens with zero attached hydrogens (tertiary/aromatic N) is 2. The van der Waals surface area contributed by atoms with Crippen molar-refractivity contribution in [3.63, 3.8) is 0 Å². The molecule has 5 heteroatoms. The van der Waals surface area contributed by atoms with Gasteiger partial charge in [0, 0.05) is 11.1 Å². The van der Waals surface area contributed by atoms with Crippen molar-refractivity contribution < 1.29 is 9.21 Å².